The third-order valence-electron chi connectivity index (χ3n) is 2.48. The van der Waals surface area contributed by atoms with E-state index in [-0.39, 0.29) is 19.3 Å². The van der Waals surface area contributed by atoms with E-state index in [9.17, 15) is 0 Å². The monoisotopic (exact) mass is 249 g/mol. The topological polar surface area (TPSA) is 23.8 Å². The zero-order valence-electron chi connectivity index (χ0n) is 7.81. The van der Waals surface area contributed by atoms with E-state index < -0.39 is 0 Å². The van der Waals surface area contributed by atoms with Gasteiger partial charge in [-0.2, -0.15) is 0 Å². The summed E-state index contributed by atoms with van der Waals surface area (Å²) in [5.41, 5.74) is 0. The summed E-state index contributed by atoms with van der Waals surface area (Å²) in [6.07, 6.45) is 2.93. The SMILES string of the molecule is C=C[C@H]1C[C@]1(C#N)[Se]c1ccccc1. The Balaban J connectivity index is 2.13. The Morgan fingerprint density at radius 3 is 2.71 bits per heavy atom. The average Bonchev–Trinajstić information content (AvgIpc) is 2.94. The van der Waals surface area contributed by atoms with Gasteiger partial charge in [0.25, 0.3) is 0 Å². The molecule has 2 heteroatoms. The molecule has 70 valence electrons. The standard InChI is InChI=1S/C12H11NSe/c1-2-10-8-12(10,9-13)14-11-6-4-3-5-7-11/h2-7,10H,1,8H2/t10-,12+/m0/s1. The van der Waals surface area contributed by atoms with E-state index in [2.05, 4.69) is 24.8 Å². The molecule has 14 heavy (non-hydrogen) atoms. The fraction of sp³-hybridized carbons (Fsp3) is 0.250. The molecule has 2 atom stereocenters. The van der Waals surface area contributed by atoms with Crippen LogP contribution in [0.1, 0.15) is 6.42 Å². The normalized spacial score (nSPS) is 29.2. The van der Waals surface area contributed by atoms with Gasteiger partial charge in [-0.1, -0.05) is 0 Å². The van der Waals surface area contributed by atoms with Gasteiger partial charge in [0.1, 0.15) is 0 Å². The summed E-state index contributed by atoms with van der Waals surface area (Å²) in [6, 6.07) is 12.8. The van der Waals surface area contributed by atoms with Crippen molar-refractivity contribution in [3.63, 3.8) is 0 Å². The van der Waals surface area contributed by atoms with Crippen molar-refractivity contribution >= 4 is 19.4 Å². The maximum atomic E-state index is 9.14. The molecule has 1 saturated carbocycles. The second-order valence-electron chi connectivity index (χ2n) is 3.46. The second kappa shape index (κ2) is 3.61. The molecule has 1 fully saturated rings. The molecular formula is C12H11NSe. The van der Waals surface area contributed by atoms with Crippen LogP contribution >= 0.6 is 0 Å². The van der Waals surface area contributed by atoms with E-state index in [1.807, 2.05) is 24.3 Å². The van der Waals surface area contributed by atoms with Crippen molar-refractivity contribution in [3.8, 4) is 6.07 Å². The molecule has 0 N–H and O–H groups in total. The van der Waals surface area contributed by atoms with Gasteiger partial charge in [0, 0.05) is 0 Å². The first-order valence-corrected chi connectivity index (χ1v) is 6.30. The minimum atomic E-state index is -0.0872. The summed E-state index contributed by atoms with van der Waals surface area (Å²) in [5.74, 6) is 0.424. The van der Waals surface area contributed by atoms with E-state index in [0.717, 1.165) is 6.42 Å². The molecule has 2 rings (SSSR count). The molecule has 0 saturated heterocycles. The summed E-state index contributed by atoms with van der Waals surface area (Å²) < 4.78 is 1.22. The quantitative estimate of drug-likeness (QED) is 0.592. The van der Waals surface area contributed by atoms with Crippen LogP contribution in [-0.2, 0) is 0 Å². The number of allylic oxidation sites excluding steroid dienone is 1. The van der Waals surface area contributed by atoms with Gasteiger partial charge in [-0.05, 0) is 0 Å². The van der Waals surface area contributed by atoms with Crippen LogP contribution in [0.15, 0.2) is 43.0 Å². The van der Waals surface area contributed by atoms with Crippen LogP contribution in [0.25, 0.3) is 0 Å². The molecular weight excluding hydrogens is 237 g/mol. The number of nitrogens with zero attached hydrogens (tertiary/aromatic N) is 1. The van der Waals surface area contributed by atoms with Gasteiger partial charge in [-0.15, -0.1) is 0 Å². The van der Waals surface area contributed by atoms with Crippen molar-refractivity contribution in [2.24, 2.45) is 5.92 Å². The molecule has 1 nitrogen and oxygen atoms in total. The molecule has 0 spiro atoms. The first-order chi connectivity index (χ1) is 6.80. The number of hydrogen-bond acceptors (Lipinski definition) is 1. The molecule has 1 aromatic rings. The molecule has 0 amide bonds. The Labute approximate surface area is 90.6 Å². The summed E-state index contributed by atoms with van der Waals surface area (Å²) in [6.45, 7) is 3.77. The number of rotatable bonds is 3. The Hall–Kier alpha value is -1.03. The van der Waals surface area contributed by atoms with Gasteiger partial charge < -0.3 is 0 Å². The van der Waals surface area contributed by atoms with Crippen molar-refractivity contribution in [2.45, 2.75) is 10.7 Å². The summed E-state index contributed by atoms with van der Waals surface area (Å²) in [5, 5.41) is 9.14. The third-order valence-corrected chi connectivity index (χ3v) is 5.49. The van der Waals surface area contributed by atoms with E-state index >= 15 is 0 Å². The summed E-state index contributed by atoms with van der Waals surface area (Å²) in [4.78, 5) is 0. The average molecular weight is 248 g/mol. The van der Waals surface area contributed by atoms with Crippen LogP contribution in [0, 0.1) is 17.2 Å². The zero-order valence-corrected chi connectivity index (χ0v) is 9.52. The number of nitriles is 1. The van der Waals surface area contributed by atoms with Gasteiger partial charge >= 0.3 is 90.4 Å². The van der Waals surface area contributed by atoms with Crippen molar-refractivity contribution in [1.29, 1.82) is 5.26 Å². The van der Waals surface area contributed by atoms with Crippen LogP contribution in [-0.4, -0.2) is 15.0 Å². The first kappa shape index (κ1) is 9.52. The minimum absolute atomic E-state index is 0.0872. The third kappa shape index (κ3) is 1.62. The predicted molar refractivity (Wildman–Crippen MR) is 58.4 cm³/mol. The Kier molecular flexibility index (Phi) is 2.46. The van der Waals surface area contributed by atoms with Crippen LogP contribution < -0.4 is 4.46 Å². The van der Waals surface area contributed by atoms with E-state index in [0.29, 0.717) is 5.92 Å². The van der Waals surface area contributed by atoms with Crippen molar-refractivity contribution < 1.29 is 0 Å². The van der Waals surface area contributed by atoms with Crippen LogP contribution in [0.2, 0.25) is 4.31 Å². The van der Waals surface area contributed by atoms with E-state index in [1.54, 1.807) is 0 Å². The van der Waals surface area contributed by atoms with Crippen molar-refractivity contribution in [1.82, 2.24) is 0 Å². The number of benzene rings is 1. The predicted octanol–water partition coefficient (Wildman–Crippen LogP) is 1.90. The van der Waals surface area contributed by atoms with Crippen molar-refractivity contribution in [3.05, 3.63) is 43.0 Å². The fourth-order valence-electron chi connectivity index (χ4n) is 1.51. The molecule has 0 aromatic heterocycles. The second-order valence-corrected chi connectivity index (χ2v) is 6.41. The zero-order chi connectivity index (χ0) is 10.0. The van der Waals surface area contributed by atoms with E-state index in [1.165, 1.54) is 4.46 Å². The van der Waals surface area contributed by atoms with Gasteiger partial charge in [-0.3, -0.25) is 0 Å². The summed E-state index contributed by atoms with van der Waals surface area (Å²) >= 11 is 0.266. The van der Waals surface area contributed by atoms with Crippen LogP contribution in [0.4, 0.5) is 0 Å². The molecule has 0 unspecified atom stereocenters. The van der Waals surface area contributed by atoms with Crippen LogP contribution in [0.3, 0.4) is 0 Å². The molecule has 0 radical (unpaired) electrons. The Morgan fingerprint density at radius 2 is 2.21 bits per heavy atom. The first-order valence-electron chi connectivity index (χ1n) is 4.58. The Morgan fingerprint density at radius 1 is 1.50 bits per heavy atom. The van der Waals surface area contributed by atoms with E-state index in [4.69, 9.17) is 5.26 Å². The fourth-order valence-corrected chi connectivity index (χ4v) is 4.17. The molecule has 0 bridgehead atoms. The van der Waals surface area contributed by atoms with Crippen molar-refractivity contribution in [2.75, 3.05) is 0 Å². The molecule has 0 aliphatic heterocycles. The molecule has 0 heterocycles. The maximum absolute atomic E-state index is 9.14. The number of hydrogen-bond donors (Lipinski definition) is 0. The van der Waals surface area contributed by atoms with Gasteiger partial charge in [0.15, 0.2) is 0 Å². The van der Waals surface area contributed by atoms with Crippen LogP contribution in [0.5, 0.6) is 0 Å². The van der Waals surface area contributed by atoms with Gasteiger partial charge in [-0.25, -0.2) is 0 Å². The molecule has 1 aliphatic rings. The molecule has 1 aromatic carbocycles. The van der Waals surface area contributed by atoms with Gasteiger partial charge in [0.2, 0.25) is 0 Å². The molecule has 1 aliphatic carbocycles. The summed E-state index contributed by atoms with van der Waals surface area (Å²) in [7, 11) is 0. The van der Waals surface area contributed by atoms with Gasteiger partial charge in [0.05, 0.1) is 0 Å². The Bertz CT molecular complexity index is 379.